The number of rotatable bonds is 2. The minimum Gasteiger partial charge on any atom is -0.338 e. The highest BCUT2D eigenvalue weighted by Gasteiger charge is 2.45. The molecule has 1 N–H and O–H groups in total. The molecule has 2 heterocycles. The van der Waals surface area contributed by atoms with Crippen molar-refractivity contribution in [3.63, 3.8) is 0 Å². The summed E-state index contributed by atoms with van der Waals surface area (Å²) in [5, 5.41) is 9.60. The first-order valence-electron chi connectivity index (χ1n) is 7.20. The topological polar surface area (TPSA) is 63.1 Å². The monoisotopic (exact) mass is 317 g/mol. The first-order chi connectivity index (χ1) is 10.2. The maximum atomic E-state index is 12.7. The molecule has 122 valence electrons. The van der Waals surface area contributed by atoms with E-state index in [1.165, 1.54) is 4.90 Å². The van der Waals surface area contributed by atoms with Crippen LogP contribution in [0.1, 0.15) is 31.9 Å². The summed E-state index contributed by atoms with van der Waals surface area (Å²) in [6, 6.07) is -0.259. The number of urea groups is 1. The largest absolute Gasteiger partial charge is 0.451 e. The number of hydrogen-bond acceptors (Lipinski definition) is 3. The molecule has 1 aromatic heterocycles. The molecule has 22 heavy (non-hydrogen) atoms. The second-order valence-corrected chi connectivity index (χ2v) is 6.59. The van der Waals surface area contributed by atoms with Crippen LogP contribution in [0, 0.1) is 11.3 Å². The van der Waals surface area contributed by atoms with Crippen LogP contribution in [0.5, 0.6) is 0 Å². The van der Waals surface area contributed by atoms with Crippen LogP contribution >= 0.6 is 0 Å². The summed E-state index contributed by atoms with van der Waals surface area (Å²) in [5.41, 5.74) is 0.275. The van der Waals surface area contributed by atoms with Gasteiger partial charge in [-0.3, -0.25) is 0 Å². The number of carbonyl (C=O) groups is 1. The van der Waals surface area contributed by atoms with Gasteiger partial charge in [0.25, 0.3) is 0 Å². The van der Waals surface area contributed by atoms with E-state index in [4.69, 9.17) is 0 Å². The van der Waals surface area contributed by atoms with Gasteiger partial charge < -0.3 is 14.8 Å². The van der Waals surface area contributed by atoms with Crippen molar-refractivity contribution in [1.29, 1.82) is 0 Å². The molecule has 0 bridgehead atoms. The van der Waals surface area contributed by atoms with Gasteiger partial charge in [0.1, 0.15) is 0 Å². The third kappa shape index (κ3) is 2.76. The molecule has 0 unspecified atom stereocenters. The van der Waals surface area contributed by atoms with Gasteiger partial charge in [-0.2, -0.15) is 13.2 Å². The van der Waals surface area contributed by atoms with Crippen LogP contribution in [-0.4, -0.2) is 38.8 Å². The zero-order chi connectivity index (χ0) is 16.1. The fraction of sp³-hybridized carbons (Fsp3) is 0.769. The number of hydrogen-bond donors (Lipinski definition) is 1. The third-order valence-electron chi connectivity index (χ3n) is 4.51. The minimum absolute atomic E-state index is 0.0446. The number of aromatic nitrogens is 3. The molecule has 0 aromatic carbocycles. The molecular weight excluding hydrogens is 299 g/mol. The lowest BCUT2D eigenvalue weighted by Gasteiger charge is -2.28. The number of halogens is 3. The Morgan fingerprint density at radius 3 is 2.64 bits per heavy atom. The Bertz CT molecular complexity index is 595. The SMILES string of the molecule is CC1(C)C[C@H]1CNC(=O)N1CCn2c(nnc2C(F)(F)F)C1. The molecule has 1 aliphatic heterocycles. The predicted molar refractivity (Wildman–Crippen MR) is 70.7 cm³/mol. The highest BCUT2D eigenvalue weighted by Crippen LogP contribution is 2.50. The number of carbonyl (C=O) groups excluding carboxylic acids is 1. The maximum absolute atomic E-state index is 12.7. The van der Waals surface area contributed by atoms with Gasteiger partial charge in [-0.25, -0.2) is 4.79 Å². The van der Waals surface area contributed by atoms with Crippen LogP contribution in [0.4, 0.5) is 18.0 Å². The van der Waals surface area contributed by atoms with Crippen molar-refractivity contribution < 1.29 is 18.0 Å². The van der Waals surface area contributed by atoms with Crippen LogP contribution < -0.4 is 5.32 Å². The first kappa shape index (κ1) is 15.1. The van der Waals surface area contributed by atoms with E-state index in [2.05, 4.69) is 29.4 Å². The van der Waals surface area contributed by atoms with Gasteiger partial charge >= 0.3 is 12.2 Å². The van der Waals surface area contributed by atoms with E-state index in [1.54, 1.807) is 0 Å². The Kier molecular flexibility index (Phi) is 3.33. The molecule has 0 spiro atoms. The Hall–Kier alpha value is -1.80. The number of alkyl halides is 3. The summed E-state index contributed by atoms with van der Waals surface area (Å²) in [6.45, 7) is 5.21. The van der Waals surface area contributed by atoms with E-state index < -0.39 is 12.0 Å². The van der Waals surface area contributed by atoms with Gasteiger partial charge in [0.15, 0.2) is 5.82 Å². The highest BCUT2D eigenvalue weighted by molar-refractivity contribution is 5.74. The average molecular weight is 317 g/mol. The fourth-order valence-corrected chi connectivity index (χ4v) is 2.79. The molecule has 1 aromatic rings. The van der Waals surface area contributed by atoms with Crippen LogP contribution in [-0.2, 0) is 19.3 Å². The fourth-order valence-electron chi connectivity index (χ4n) is 2.79. The minimum atomic E-state index is -4.52. The Morgan fingerprint density at radius 2 is 2.05 bits per heavy atom. The molecule has 1 fully saturated rings. The smallest absolute Gasteiger partial charge is 0.338 e. The normalized spacial score (nSPS) is 23.1. The summed E-state index contributed by atoms with van der Waals surface area (Å²) in [5.74, 6) is -0.357. The van der Waals surface area contributed by atoms with Crippen LogP contribution in [0.15, 0.2) is 0 Å². The van der Waals surface area contributed by atoms with Crippen LogP contribution in [0.25, 0.3) is 0 Å². The van der Waals surface area contributed by atoms with Crippen molar-refractivity contribution in [1.82, 2.24) is 25.0 Å². The van der Waals surface area contributed by atoms with Crippen molar-refractivity contribution in [3.05, 3.63) is 11.6 Å². The Balaban J connectivity index is 1.60. The van der Waals surface area contributed by atoms with Crippen molar-refractivity contribution >= 4 is 6.03 Å². The van der Waals surface area contributed by atoms with Crippen molar-refractivity contribution in [2.45, 2.75) is 39.5 Å². The van der Waals surface area contributed by atoms with Crippen LogP contribution in [0.2, 0.25) is 0 Å². The first-order valence-corrected chi connectivity index (χ1v) is 7.20. The molecule has 3 rings (SSSR count). The van der Waals surface area contributed by atoms with E-state index in [1.807, 2.05) is 0 Å². The van der Waals surface area contributed by atoms with Crippen LogP contribution in [0.3, 0.4) is 0 Å². The summed E-state index contributed by atoms with van der Waals surface area (Å²) in [4.78, 5) is 13.6. The van der Waals surface area contributed by atoms with Gasteiger partial charge in [0.05, 0.1) is 6.54 Å². The lowest BCUT2D eigenvalue weighted by atomic mass is 10.1. The summed E-state index contributed by atoms with van der Waals surface area (Å²) in [7, 11) is 0. The molecule has 1 saturated carbocycles. The number of nitrogens with one attached hydrogen (secondary N) is 1. The summed E-state index contributed by atoms with van der Waals surface area (Å²) in [6.07, 6.45) is -3.44. The second kappa shape index (κ2) is 4.85. The zero-order valence-corrected chi connectivity index (χ0v) is 12.4. The molecule has 1 atom stereocenters. The molecular formula is C13H18F3N5O. The third-order valence-corrected chi connectivity index (χ3v) is 4.51. The van der Waals surface area contributed by atoms with E-state index in [0.717, 1.165) is 11.0 Å². The molecule has 2 aliphatic rings. The second-order valence-electron chi connectivity index (χ2n) is 6.59. The zero-order valence-electron chi connectivity index (χ0n) is 12.4. The lowest BCUT2D eigenvalue weighted by molar-refractivity contribution is -0.147. The number of fused-ring (bicyclic) bond motifs is 1. The van der Waals surface area contributed by atoms with Gasteiger partial charge in [-0.15, -0.1) is 10.2 Å². The van der Waals surface area contributed by atoms with E-state index in [9.17, 15) is 18.0 Å². The van der Waals surface area contributed by atoms with E-state index in [0.29, 0.717) is 12.5 Å². The molecule has 6 nitrogen and oxygen atoms in total. The van der Waals surface area contributed by atoms with E-state index >= 15 is 0 Å². The van der Waals surface area contributed by atoms with Crippen molar-refractivity contribution in [3.8, 4) is 0 Å². The van der Waals surface area contributed by atoms with Gasteiger partial charge in [0.2, 0.25) is 5.82 Å². The number of amides is 2. The molecule has 2 amide bonds. The summed E-state index contributed by atoms with van der Waals surface area (Å²) < 4.78 is 39.2. The molecule has 1 aliphatic carbocycles. The van der Waals surface area contributed by atoms with Gasteiger partial charge in [-0.05, 0) is 17.8 Å². The predicted octanol–water partition coefficient (Wildman–Crippen LogP) is 1.87. The maximum Gasteiger partial charge on any atom is 0.451 e. The molecule has 0 radical (unpaired) electrons. The van der Waals surface area contributed by atoms with Gasteiger partial charge in [0, 0.05) is 19.6 Å². The van der Waals surface area contributed by atoms with E-state index in [-0.39, 0.29) is 36.9 Å². The average Bonchev–Trinajstić information content (AvgIpc) is 2.85. The summed E-state index contributed by atoms with van der Waals surface area (Å²) >= 11 is 0. The highest BCUT2D eigenvalue weighted by atomic mass is 19.4. The van der Waals surface area contributed by atoms with Crippen molar-refractivity contribution in [2.24, 2.45) is 11.3 Å². The quantitative estimate of drug-likeness (QED) is 0.906. The number of nitrogens with zero attached hydrogens (tertiary/aromatic N) is 4. The lowest BCUT2D eigenvalue weighted by Crippen LogP contribution is -2.45. The Labute approximate surface area is 125 Å². The van der Waals surface area contributed by atoms with Crippen molar-refractivity contribution in [2.75, 3.05) is 13.1 Å². The van der Waals surface area contributed by atoms with Gasteiger partial charge in [-0.1, -0.05) is 13.8 Å². The molecule has 9 heteroatoms. The Morgan fingerprint density at radius 1 is 1.36 bits per heavy atom. The molecule has 0 saturated heterocycles. The standard InChI is InChI=1S/C13H18F3N5O/c1-12(2)5-8(12)6-17-11(22)20-3-4-21-9(7-20)18-19-10(21)13(14,15)16/h8H,3-7H2,1-2H3,(H,17,22)/t8-/m0/s1.